The highest BCUT2D eigenvalue weighted by molar-refractivity contribution is 8.00. The minimum Gasteiger partial charge on any atom is -0.480 e. The third-order valence-corrected chi connectivity index (χ3v) is 7.69. The molecule has 174 valence electrons. The maximum absolute atomic E-state index is 14.7. The Labute approximate surface area is 186 Å². The van der Waals surface area contributed by atoms with Crippen molar-refractivity contribution in [3.05, 3.63) is 53.1 Å². The van der Waals surface area contributed by atoms with Gasteiger partial charge in [-0.25, -0.2) is 13.8 Å². The van der Waals surface area contributed by atoms with E-state index in [0.717, 1.165) is 16.3 Å². The molecular formula is C18H22FN4O7PS. The molecule has 0 amide bonds. The number of aliphatic carboxylic acids is 1. The van der Waals surface area contributed by atoms with Crippen LogP contribution in [0.4, 0.5) is 10.2 Å². The summed E-state index contributed by atoms with van der Waals surface area (Å²) in [4.78, 5) is 26.8. The van der Waals surface area contributed by atoms with Gasteiger partial charge in [-0.15, -0.1) is 11.8 Å². The Bertz CT molecular complexity index is 1060. The van der Waals surface area contributed by atoms with Crippen LogP contribution in [0.1, 0.15) is 12.3 Å². The van der Waals surface area contributed by atoms with Crippen LogP contribution in [0.5, 0.6) is 5.75 Å². The Balaban J connectivity index is 1.75. The number of hydrogen-bond donors (Lipinski definition) is 4. The molecule has 1 saturated heterocycles. The van der Waals surface area contributed by atoms with Crippen molar-refractivity contribution in [2.75, 3.05) is 12.3 Å². The summed E-state index contributed by atoms with van der Waals surface area (Å²) in [6.45, 7) is 0.795. The predicted molar refractivity (Wildman–Crippen MR) is 115 cm³/mol. The molecule has 2 aromatic rings. The third-order valence-electron chi connectivity index (χ3n) is 4.52. The summed E-state index contributed by atoms with van der Waals surface area (Å²) in [5.74, 6) is -1.16. The summed E-state index contributed by atoms with van der Waals surface area (Å²) in [5.41, 5.74) is 4.66. The molecule has 1 aromatic carbocycles. The zero-order chi connectivity index (χ0) is 23.5. The number of aromatic nitrogens is 2. The Morgan fingerprint density at radius 2 is 2.09 bits per heavy atom. The van der Waals surface area contributed by atoms with Crippen LogP contribution in [0.2, 0.25) is 0 Å². The van der Waals surface area contributed by atoms with Crippen LogP contribution in [-0.2, 0) is 13.9 Å². The maximum Gasteiger partial charge on any atom is 0.459 e. The number of aliphatic hydroxyl groups is 1. The minimum atomic E-state index is -4.23. The fourth-order valence-corrected chi connectivity index (χ4v) is 5.90. The largest absolute Gasteiger partial charge is 0.480 e. The molecule has 3 rings (SSSR count). The predicted octanol–water partition coefficient (Wildman–Crippen LogP) is 1.40. The quantitative estimate of drug-likeness (QED) is 0.377. The zero-order valence-corrected chi connectivity index (χ0v) is 18.5. The fourth-order valence-electron chi connectivity index (χ4n) is 2.86. The number of thioether (sulfide) groups is 1. The molecule has 14 heteroatoms. The van der Waals surface area contributed by atoms with E-state index in [2.05, 4.69) is 10.1 Å². The van der Waals surface area contributed by atoms with E-state index in [0.29, 0.717) is 0 Å². The molecule has 0 aliphatic carbocycles. The van der Waals surface area contributed by atoms with Crippen molar-refractivity contribution in [1.29, 1.82) is 0 Å². The number of carboxylic acid groups (broad SMARTS) is 1. The van der Waals surface area contributed by atoms with Crippen molar-refractivity contribution in [2.24, 2.45) is 0 Å². The summed E-state index contributed by atoms with van der Waals surface area (Å²) in [6, 6.07) is 7.97. The number of alkyl halides is 1. The number of benzene rings is 1. The van der Waals surface area contributed by atoms with Crippen molar-refractivity contribution in [2.45, 2.75) is 35.9 Å². The molecule has 0 spiro atoms. The lowest BCUT2D eigenvalue weighted by molar-refractivity contribution is -0.138. The number of anilines is 1. The van der Waals surface area contributed by atoms with E-state index < -0.39 is 55.0 Å². The lowest BCUT2D eigenvalue weighted by atomic mass is 10.1. The molecule has 0 radical (unpaired) electrons. The summed E-state index contributed by atoms with van der Waals surface area (Å²) in [7, 11) is -4.23. The van der Waals surface area contributed by atoms with E-state index in [1.807, 2.05) is 0 Å². The second kappa shape index (κ2) is 10.0. The van der Waals surface area contributed by atoms with Gasteiger partial charge in [0.1, 0.15) is 29.1 Å². The molecule has 1 aliphatic heterocycles. The van der Waals surface area contributed by atoms with Gasteiger partial charge in [-0.3, -0.25) is 13.9 Å². The number of nitrogens with one attached hydrogen (secondary N) is 1. The summed E-state index contributed by atoms with van der Waals surface area (Å²) in [6.07, 6.45) is -2.14. The van der Waals surface area contributed by atoms with Crippen LogP contribution in [0.3, 0.4) is 0 Å². The Morgan fingerprint density at radius 1 is 1.41 bits per heavy atom. The smallest absolute Gasteiger partial charge is 0.459 e. The number of nitrogen functional groups attached to an aromatic ring is 1. The van der Waals surface area contributed by atoms with Crippen molar-refractivity contribution in [3.8, 4) is 5.75 Å². The molecule has 6 atom stereocenters. The Morgan fingerprint density at radius 3 is 2.72 bits per heavy atom. The van der Waals surface area contributed by atoms with Crippen molar-refractivity contribution in [1.82, 2.24) is 14.6 Å². The number of rotatable bonds is 9. The first-order valence-corrected chi connectivity index (χ1v) is 11.9. The average Bonchev–Trinajstić information content (AvgIpc) is 3.01. The van der Waals surface area contributed by atoms with Gasteiger partial charge in [0.15, 0.2) is 6.17 Å². The summed E-state index contributed by atoms with van der Waals surface area (Å²) in [5, 5.41) is 19.7. The van der Waals surface area contributed by atoms with Gasteiger partial charge < -0.3 is 20.5 Å². The van der Waals surface area contributed by atoms with Gasteiger partial charge in [-0.05, 0) is 25.1 Å². The normalized spacial score (nSPS) is 25.7. The van der Waals surface area contributed by atoms with Crippen molar-refractivity contribution in [3.63, 3.8) is 0 Å². The topological polar surface area (TPSA) is 166 Å². The van der Waals surface area contributed by atoms with Gasteiger partial charge >= 0.3 is 19.4 Å². The molecule has 11 nitrogen and oxygen atoms in total. The molecule has 1 aliphatic rings. The lowest BCUT2D eigenvalue weighted by Gasteiger charge is -2.23. The van der Waals surface area contributed by atoms with E-state index in [4.69, 9.17) is 19.9 Å². The van der Waals surface area contributed by atoms with Gasteiger partial charge in [-0.1, -0.05) is 18.2 Å². The van der Waals surface area contributed by atoms with Crippen LogP contribution in [0.25, 0.3) is 0 Å². The molecule has 1 aromatic heterocycles. The highest BCUT2D eigenvalue weighted by atomic mass is 32.2. The molecule has 0 bridgehead atoms. The van der Waals surface area contributed by atoms with Gasteiger partial charge in [0.25, 0.3) is 0 Å². The number of nitrogens with two attached hydrogens (primary N) is 1. The maximum atomic E-state index is 14.7. The van der Waals surface area contributed by atoms with Crippen LogP contribution < -0.4 is 21.0 Å². The van der Waals surface area contributed by atoms with Crippen LogP contribution in [0.15, 0.2) is 47.4 Å². The number of carbonyl (C=O) groups is 1. The highest BCUT2D eigenvalue weighted by Gasteiger charge is 2.46. The first-order valence-electron chi connectivity index (χ1n) is 9.42. The fraction of sp³-hybridized carbons (Fsp3) is 0.389. The molecule has 0 saturated carbocycles. The first-order chi connectivity index (χ1) is 15.1. The van der Waals surface area contributed by atoms with Gasteiger partial charge in [0.2, 0.25) is 0 Å². The van der Waals surface area contributed by atoms with Crippen LogP contribution in [-0.4, -0.2) is 55.9 Å². The third kappa shape index (κ3) is 5.67. The van der Waals surface area contributed by atoms with Gasteiger partial charge in [-0.2, -0.15) is 10.1 Å². The second-order valence-corrected chi connectivity index (χ2v) is 9.98. The number of carboxylic acids is 1. The van der Waals surface area contributed by atoms with Gasteiger partial charge in [0.05, 0.1) is 11.9 Å². The lowest BCUT2D eigenvalue weighted by Crippen LogP contribution is -2.36. The Kier molecular flexibility index (Phi) is 7.57. The summed E-state index contributed by atoms with van der Waals surface area (Å²) >= 11 is 0.884. The van der Waals surface area contributed by atoms with E-state index in [-0.39, 0.29) is 11.6 Å². The van der Waals surface area contributed by atoms with Crippen LogP contribution >= 0.6 is 19.5 Å². The van der Waals surface area contributed by atoms with E-state index in [9.17, 15) is 23.7 Å². The number of para-hydroxylation sites is 1. The average molecular weight is 488 g/mol. The minimum absolute atomic E-state index is 0.0253. The van der Waals surface area contributed by atoms with Gasteiger partial charge in [0, 0.05) is 6.20 Å². The number of aliphatic hydroxyl groups excluding tert-OH is 1. The number of halogens is 1. The van der Waals surface area contributed by atoms with Crippen molar-refractivity contribution >= 4 is 31.3 Å². The standard InChI is InChI=1S/C18H22FN4O7PS/c1-10(17(25)26)22-31(28,30-11-5-3-2-4-6-11)29-9-12-15(24)14(19)16(32-12)23-8-7-13(20)21-18(23)27/h2-8,10,12,14-16,24H,9H2,1H3,(H,22,28)(H,25,26)(H2,20,21,27)/t10?,12-,14+,15-,16?,31?/m1/s1. The molecule has 2 heterocycles. The number of nitrogens with zero attached hydrogens (tertiary/aromatic N) is 2. The van der Waals surface area contributed by atoms with Crippen molar-refractivity contribution < 1.29 is 33.0 Å². The first kappa shape index (κ1) is 24.2. The Hall–Kier alpha value is -2.44. The highest BCUT2D eigenvalue weighted by Crippen LogP contribution is 2.48. The van der Waals surface area contributed by atoms with E-state index >= 15 is 0 Å². The monoisotopic (exact) mass is 488 g/mol. The van der Waals surface area contributed by atoms with E-state index in [1.165, 1.54) is 31.3 Å². The molecule has 5 N–H and O–H groups in total. The zero-order valence-electron chi connectivity index (χ0n) is 16.8. The SMILES string of the molecule is CC(NP(=O)(OC[C@H]1SC(n2ccc(N)nc2=O)[C@@H](F)[C@@H]1O)Oc1ccccc1)C(=O)O. The van der Waals surface area contributed by atoms with E-state index in [1.54, 1.807) is 18.2 Å². The molecule has 3 unspecified atom stereocenters. The number of hydrogen-bond acceptors (Lipinski definition) is 9. The van der Waals surface area contributed by atoms with Crippen LogP contribution in [0, 0.1) is 0 Å². The molecular weight excluding hydrogens is 466 g/mol. The molecule has 32 heavy (non-hydrogen) atoms. The molecule has 1 fully saturated rings. The second-order valence-electron chi connectivity index (χ2n) is 6.93. The summed E-state index contributed by atoms with van der Waals surface area (Å²) < 4.78 is 39.7.